The quantitative estimate of drug-likeness (QED) is 0.0258. The van der Waals surface area contributed by atoms with Crippen LogP contribution in [0.4, 0.5) is 0 Å². The summed E-state index contributed by atoms with van der Waals surface area (Å²) in [6, 6.07) is 43.9. The standard InChI is InChI=1S/C79H91BrO/c1-6-11-20-27-64-32-42-69(43-33-64)52-57-74-75(58-53-70-44-34-65(35-45-70)28-21-12-7-2)77(60-55-72-48-38-67(39-49-72)30-23-14-9-4)79(81-63-26-19-17-16-18-25-62-80)78(61-56-73-50-40-68(41-51-73)31-24-15-10-5)76(74)59-54-71-46-36-66(37-47-71)29-22-13-8-3/h32-51H,6-31,62-63H2,1-5H3. The molecular formula is C79H91BrO. The molecule has 6 aromatic rings. The van der Waals surface area contributed by atoms with E-state index in [0.717, 1.165) is 84.5 Å². The molecule has 0 aromatic heterocycles. The molecule has 0 aliphatic carbocycles. The number of benzene rings is 6. The Morgan fingerprint density at radius 2 is 0.494 bits per heavy atom. The van der Waals surface area contributed by atoms with Crippen LogP contribution in [0.1, 0.15) is 253 Å². The molecule has 0 saturated heterocycles. The Hall–Kier alpha value is -6.60. The highest BCUT2D eigenvalue weighted by Crippen LogP contribution is 2.34. The first-order valence-corrected chi connectivity index (χ1v) is 32.5. The van der Waals surface area contributed by atoms with Crippen molar-refractivity contribution in [1.82, 2.24) is 0 Å². The van der Waals surface area contributed by atoms with Gasteiger partial charge in [-0.15, -0.1) is 0 Å². The summed E-state index contributed by atoms with van der Waals surface area (Å²) in [5, 5.41) is 1.05. The van der Waals surface area contributed by atoms with Crippen molar-refractivity contribution < 1.29 is 4.74 Å². The lowest BCUT2D eigenvalue weighted by Gasteiger charge is -2.17. The minimum Gasteiger partial charge on any atom is -0.491 e. The Kier molecular flexibility index (Phi) is 30.0. The Balaban J connectivity index is 1.66. The first-order valence-electron chi connectivity index (χ1n) is 31.4. The molecule has 0 amide bonds. The largest absolute Gasteiger partial charge is 0.491 e. The third kappa shape index (κ3) is 23.1. The van der Waals surface area contributed by atoms with Gasteiger partial charge in [0.15, 0.2) is 5.75 Å². The maximum Gasteiger partial charge on any atom is 0.153 e. The van der Waals surface area contributed by atoms with E-state index in [1.54, 1.807) is 0 Å². The van der Waals surface area contributed by atoms with Gasteiger partial charge in [-0.2, -0.15) is 0 Å². The summed E-state index contributed by atoms with van der Waals surface area (Å²) in [6.07, 6.45) is 30.1. The fourth-order valence-corrected chi connectivity index (χ4v) is 10.3. The highest BCUT2D eigenvalue weighted by atomic mass is 79.9. The van der Waals surface area contributed by atoms with Crippen molar-refractivity contribution in [3.8, 4) is 65.0 Å². The number of unbranched alkanes of at least 4 members (excludes halogenated alkanes) is 15. The van der Waals surface area contributed by atoms with E-state index < -0.39 is 0 Å². The van der Waals surface area contributed by atoms with E-state index in [4.69, 9.17) is 4.74 Å². The molecule has 0 N–H and O–H groups in total. The highest BCUT2D eigenvalue weighted by molar-refractivity contribution is 9.09. The van der Waals surface area contributed by atoms with Gasteiger partial charge in [-0.05, 0) is 166 Å². The first-order chi connectivity index (χ1) is 39.9. The van der Waals surface area contributed by atoms with E-state index in [9.17, 15) is 0 Å². The third-order valence-corrected chi connectivity index (χ3v) is 15.6. The van der Waals surface area contributed by atoms with Crippen LogP contribution in [0.25, 0.3) is 0 Å². The smallest absolute Gasteiger partial charge is 0.153 e. The summed E-state index contributed by atoms with van der Waals surface area (Å²) in [6.45, 7) is 11.8. The van der Waals surface area contributed by atoms with Crippen molar-refractivity contribution in [2.45, 2.75) is 202 Å². The van der Waals surface area contributed by atoms with Gasteiger partial charge in [0.2, 0.25) is 0 Å². The summed E-state index contributed by atoms with van der Waals surface area (Å²) < 4.78 is 7.21. The average molecular weight is 1140 g/mol. The highest BCUT2D eigenvalue weighted by Gasteiger charge is 2.23. The van der Waals surface area contributed by atoms with Crippen LogP contribution in [0.3, 0.4) is 0 Å². The van der Waals surface area contributed by atoms with Gasteiger partial charge in [-0.3, -0.25) is 0 Å². The summed E-state index contributed by atoms with van der Waals surface area (Å²) in [7, 11) is 0. The normalized spacial score (nSPS) is 10.5. The van der Waals surface area contributed by atoms with Crippen molar-refractivity contribution in [2.24, 2.45) is 0 Å². The fourth-order valence-electron chi connectivity index (χ4n) is 9.91. The molecule has 0 aliphatic rings. The molecule has 0 heterocycles. The zero-order chi connectivity index (χ0) is 57.0. The number of ether oxygens (including phenoxy) is 1. The summed E-state index contributed by atoms with van der Waals surface area (Å²) >= 11 is 3.62. The van der Waals surface area contributed by atoms with Gasteiger partial charge < -0.3 is 4.74 Å². The van der Waals surface area contributed by atoms with Crippen molar-refractivity contribution in [3.05, 3.63) is 205 Å². The lowest BCUT2D eigenvalue weighted by molar-refractivity contribution is 0.302. The minimum absolute atomic E-state index is 0.509. The predicted octanol–water partition coefficient (Wildman–Crippen LogP) is 20.5. The Morgan fingerprint density at radius 1 is 0.259 bits per heavy atom. The second kappa shape index (κ2) is 38.2. The van der Waals surface area contributed by atoms with Gasteiger partial charge in [0.05, 0.1) is 34.4 Å². The number of alkyl halides is 1. The third-order valence-electron chi connectivity index (χ3n) is 15.0. The zero-order valence-corrected chi connectivity index (χ0v) is 51.7. The molecule has 0 radical (unpaired) electrons. The second-order valence-electron chi connectivity index (χ2n) is 21.9. The van der Waals surface area contributed by atoms with Crippen LogP contribution in [0.15, 0.2) is 121 Å². The first kappa shape index (κ1) is 63.6. The van der Waals surface area contributed by atoms with E-state index >= 15 is 0 Å². The summed E-state index contributed by atoms with van der Waals surface area (Å²) in [5.74, 6) is 37.4. The Labute approximate surface area is 500 Å². The molecule has 0 saturated carbocycles. The van der Waals surface area contributed by atoms with Crippen LogP contribution in [-0.4, -0.2) is 11.9 Å². The van der Waals surface area contributed by atoms with Crippen molar-refractivity contribution in [1.29, 1.82) is 0 Å². The lowest BCUT2D eigenvalue weighted by Crippen LogP contribution is -2.08. The maximum absolute atomic E-state index is 7.21. The molecule has 6 rings (SSSR count). The van der Waals surface area contributed by atoms with Crippen molar-refractivity contribution in [3.63, 3.8) is 0 Å². The minimum atomic E-state index is 0.509. The molecular weight excluding hydrogens is 1040 g/mol. The fraction of sp³-hybridized carbons (Fsp3) is 0.418. The van der Waals surface area contributed by atoms with Crippen LogP contribution in [-0.2, 0) is 32.1 Å². The van der Waals surface area contributed by atoms with E-state index in [1.165, 1.54) is 143 Å². The molecule has 0 atom stereocenters. The monoisotopic (exact) mass is 1130 g/mol. The maximum atomic E-state index is 7.21. The summed E-state index contributed by atoms with van der Waals surface area (Å²) in [5.41, 5.74) is 14.8. The molecule has 0 bridgehead atoms. The lowest BCUT2D eigenvalue weighted by atomic mass is 9.89. The van der Waals surface area contributed by atoms with Crippen LogP contribution >= 0.6 is 15.9 Å². The van der Waals surface area contributed by atoms with Gasteiger partial charge in [-0.1, -0.05) is 260 Å². The average Bonchev–Trinajstić information content (AvgIpc) is 3.54. The molecule has 0 unspecified atom stereocenters. The van der Waals surface area contributed by atoms with Crippen LogP contribution in [0.2, 0.25) is 0 Å². The van der Waals surface area contributed by atoms with Gasteiger partial charge in [0, 0.05) is 33.1 Å². The molecule has 0 aliphatic heterocycles. The van der Waals surface area contributed by atoms with E-state index in [0.29, 0.717) is 40.2 Å². The van der Waals surface area contributed by atoms with E-state index in [-0.39, 0.29) is 0 Å². The van der Waals surface area contributed by atoms with Gasteiger partial charge in [0.25, 0.3) is 0 Å². The molecule has 81 heavy (non-hydrogen) atoms. The van der Waals surface area contributed by atoms with Crippen molar-refractivity contribution >= 4 is 15.9 Å². The molecule has 1 nitrogen and oxygen atoms in total. The number of hydrogen-bond acceptors (Lipinski definition) is 1. The zero-order valence-electron chi connectivity index (χ0n) is 50.1. The summed E-state index contributed by atoms with van der Waals surface area (Å²) in [4.78, 5) is 0. The Bertz CT molecular complexity index is 2950. The molecule has 420 valence electrons. The predicted molar refractivity (Wildman–Crippen MR) is 352 cm³/mol. The topological polar surface area (TPSA) is 9.23 Å². The van der Waals surface area contributed by atoms with Crippen LogP contribution < -0.4 is 4.74 Å². The molecule has 2 heteroatoms. The van der Waals surface area contributed by atoms with Crippen molar-refractivity contribution in [2.75, 3.05) is 11.9 Å². The second-order valence-corrected chi connectivity index (χ2v) is 22.7. The Morgan fingerprint density at radius 3 is 0.753 bits per heavy atom. The molecule has 0 spiro atoms. The van der Waals surface area contributed by atoms with Gasteiger partial charge >= 0.3 is 0 Å². The molecule has 6 aromatic carbocycles. The number of halogens is 1. The number of rotatable bonds is 29. The van der Waals surface area contributed by atoms with E-state index in [1.807, 2.05) is 0 Å². The van der Waals surface area contributed by atoms with Gasteiger partial charge in [0.1, 0.15) is 0 Å². The van der Waals surface area contributed by atoms with Crippen LogP contribution in [0.5, 0.6) is 5.75 Å². The number of hydrogen-bond donors (Lipinski definition) is 0. The number of aryl methyl sites for hydroxylation is 5. The molecule has 0 fully saturated rings. The van der Waals surface area contributed by atoms with Gasteiger partial charge in [-0.25, -0.2) is 0 Å². The van der Waals surface area contributed by atoms with Crippen LogP contribution in [0, 0.1) is 59.2 Å². The SMILES string of the molecule is CCCCCc1ccc(C#Cc2c(C#Cc3ccc(CCCCC)cc3)c(C#Cc3ccc(CCCCC)cc3)c(OCCCCCCCCBr)c(C#Cc3ccc(CCCCC)cc3)c2C#Cc2ccc(CCCCC)cc2)cc1. The van der Waals surface area contributed by atoms with E-state index in [2.05, 4.69) is 231 Å².